The predicted molar refractivity (Wildman–Crippen MR) is 323 cm³/mol. The van der Waals surface area contributed by atoms with Crippen molar-refractivity contribution in [1.82, 2.24) is 4.57 Å². The molecule has 0 atom stereocenters. The molecule has 3 heterocycles. The second-order valence-electron chi connectivity index (χ2n) is 25.6. The van der Waals surface area contributed by atoms with Gasteiger partial charge in [0, 0.05) is 50.2 Å². The minimum Gasteiger partial charge on any atom is -0.311 e. The molecule has 75 heavy (non-hydrogen) atoms. The van der Waals surface area contributed by atoms with Crippen molar-refractivity contribution in [2.45, 2.75) is 112 Å². The molecule has 1 aromatic heterocycles. The Morgan fingerprint density at radius 2 is 0.987 bits per heavy atom. The molecule has 2 aliphatic heterocycles. The molecule has 0 N–H and O–H groups in total. The summed E-state index contributed by atoms with van der Waals surface area (Å²) in [6.07, 6.45) is 0. The largest absolute Gasteiger partial charge is 0.311 e. The topological polar surface area (TPSA) is 11.4 Å². The molecule has 0 amide bonds. The minimum atomic E-state index is -0.183. The molecule has 4 heteroatoms. The molecule has 370 valence electrons. The van der Waals surface area contributed by atoms with Gasteiger partial charge in [-0.2, -0.15) is 0 Å². The number of hydrogen-bond acceptors (Lipinski definition) is 2. The number of aryl methyl sites for hydroxylation is 2. The number of anilines is 6. The fourth-order valence-corrected chi connectivity index (χ4v) is 13.3. The lowest BCUT2D eigenvalue weighted by Crippen LogP contribution is -2.61. The van der Waals surface area contributed by atoms with Crippen LogP contribution in [0.4, 0.5) is 34.1 Å². The number of nitrogens with zero attached hydrogens (tertiary/aromatic N) is 3. The van der Waals surface area contributed by atoms with Crippen molar-refractivity contribution < 1.29 is 0 Å². The molecule has 0 saturated carbocycles. The highest BCUT2D eigenvalue weighted by molar-refractivity contribution is 7.00. The number of aromatic nitrogens is 1. The van der Waals surface area contributed by atoms with Gasteiger partial charge in [0.2, 0.25) is 0 Å². The number of fused-ring (bicyclic) bond motifs is 10. The van der Waals surface area contributed by atoms with Crippen molar-refractivity contribution in [3.8, 4) is 27.9 Å². The van der Waals surface area contributed by atoms with Crippen LogP contribution in [0.25, 0.3) is 49.7 Å². The maximum atomic E-state index is 2.69. The molecular formula is C71H68BN3. The molecule has 0 spiro atoms. The lowest BCUT2D eigenvalue weighted by atomic mass is 9.33. The zero-order chi connectivity index (χ0) is 52.2. The lowest BCUT2D eigenvalue weighted by Gasteiger charge is -2.46. The van der Waals surface area contributed by atoms with Gasteiger partial charge in [0.1, 0.15) is 0 Å². The van der Waals surface area contributed by atoms with Gasteiger partial charge < -0.3 is 14.4 Å². The SMILES string of the molecule is Cc1cc(C(C)(C)C)cc(C)c1N1c2cc(C(C)(C)C)ccc2B2c3cc4c5cc(C(C)(C)C)ccc5n(-c5ccccc5)c4cc3N(c3cccc4c3-c3ccccc3C4(C)C)c3cc(-c4ccccc4)cc1c32. The van der Waals surface area contributed by atoms with Crippen LogP contribution in [0, 0.1) is 13.8 Å². The van der Waals surface area contributed by atoms with E-state index >= 15 is 0 Å². The number of para-hydroxylation sites is 1. The quantitative estimate of drug-likeness (QED) is 0.163. The first-order valence-electron chi connectivity index (χ1n) is 27.2. The molecule has 0 bridgehead atoms. The Balaban J connectivity index is 1.23. The van der Waals surface area contributed by atoms with Gasteiger partial charge in [-0.3, -0.25) is 0 Å². The molecule has 0 radical (unpaired) electrons. The van der Waals surface area contributed by atoms with Crippen molar-refractivity contribution >= 4 is 79.0 Å². The van der Waals surface area contributed by atoms with Crippen LogP contribution in [0.1, 0.15) is 115 Å². The number of rotatable bonds is 4. The smallest absolute Gasteiger partial charge is 0.252 e. The summed E-state index contributed by atoms with van der Waals surface area (Å²) >= 11 is 0. The van der Waals surface area contributed by atoms with Crippen LogP contribution in [0.3, 0.4) is 0 Å². The fraction of sp³-hybridized carbons (Fsp3) is 0.239. The highest BCUT2D eigenvalue weighted by Gasteiger charge is 2.47. The molecular weight excluding hydrogens is 906 g/mol. The summed E-state index contributed by atoms with van der Waals surface area (Å²) in [5, 5.41) is 2.55. The summed E-state index contributed by atoms with van der Waals surface area (Å²) in [6.45, 7) is 30.5. The summed E-state index contributed by atoms with van der Waals surface area (Å²) < 4.78 is 2.52. The molecule has 3 nitrogen and oxygen atoms in total. The van der Waals surface area contributed by atoms with Gasteiger partial charge in [-0.1, -0.05) is 197 Å². The van der Waals surface area contributed by atoms with E-state index in [2.05, 4.69) is 280 Å². The average molecular weight is 974 g/mol. The zero-order valence-corrected chi connectivity index (χ0v) is 46.2. The van der Waals surface area contributed by atoms with Crippen molar-refractivity contribution in [3.05, 3.63) is 215 Å². The minimum absolute atomic E-state index is 0.000692. The maximum absolute atomic E-state index is 2.69. The van der Waals surface area contributed by atoms with E-state index in [1.54, 1.807) is 0 Å². The summed E-state index contributed by atoms with van der Waals surface area (Å²) in [7, 11) is 0. The van der Waals surface area contributed by atoms with Crippen molar-refractivity contribution in [3.63, 3.8) is 0 Å². The molecule has 9 aromatic carbocycles. The van der Waals surface area contributed by atoms with Crippen molar-refractivity contribution in [2.24, 2.45) is 0 Å². The van der Waals surface area contributed by atoms with Gasteiger partial charge in [-0.25, -0.2) is 0 Å². The Labute approximate surface area is 445 Å². The van der Waals surface area contributed by atoms with E-state index in [1.165, 1.54) is 134 Å². The van der Waals surface area contributed by atoms with Crippen LogP contribution in [0.5, 0.6) is 0 Å². The van der Waals surface area contributed by atoms with Crippen LogP contribution < -0.4 is 26.2 Å². The van der Waals surface area contributed by atoms with Gasteiger partial charge in [-0.15, -0.1) is 0 Å². The lowest BCUT2D eigenvalue weighted by molar-refractivity contribution is 0.589. The van der Waals surface area contributed by atoms with Gasteiger partial charge in [0.05, 0.1) is 22.4 Å². The second-order valence-corrected chi connectivity index (χ2v) is 25.6. The third kappa shape index (κ3) is 7.08. The molecule has 0 saturated heterocycles. The summed E-state index contributed by atoms with van der Waals surface area (Å²) in [5.41, 5.74) is 29.0. The third-order valence-electron chi connectivity index (χ3n) is 17.2. The third-order valence-corrected chi connectivity index (χ3v) is 17.2. The van der Waals surface area contributed by atoms with E-state index in [0.29, 0.717) is 0 Å². The van der Waals surface area contributed by atoms with Gasteiger partial charge >= 0.3 is 0 Å². The molecule has 0 fully saturated rings. The van der Waals surface area contributed by atoms with Gasteiger partial charge in [0.15, 0.2) is 0 Å². The highest BCUT2D eigenvalue weighted by Crippen LogP contribution is 2.56. The molecule has 10 aromatic rings. The monoisotopic (exact) mass is 974 g/mol. The van der Waals surface area contributed by atoms with Crippen LogP contribution in [0.2, 0.25) is 0 Å². The van der Waals surface area contributed by atoms with E-state index in [4.69, 9.17) is 0 Å². The molecule has 3 aliphatic rings. The Hall–Kier alpha value is -7.56. The molecule has 13 rings (SSSR count). The average Bonchev–Trinajstić information content (AvgIpc) is 3.82. The Kier molecular flexibility index (Phi) is 10.2. The van der Waals surface area contributed by atoms with Gasteiger partial charge in [-0.05, 0) is 157 Å². The predicted octanol–water partition coefficient (Wildman–Crippen LogP) is 17.3. The fourth-order valence-electron chi connectivity index (χ4n) is 13.3. The number of benzene rings is 9. The first kappa shape index (κ1) is 47.2. The van der Waals surface area contributed by atoms with E-state index in [-0.39, 0.29) is 28.4 Å². The second kappa shape index (κ2) is 16.2. The summed E-state index contributed by atoms with van der Waals surface area (Å²) in [4.78, 5) is 5.37. The van der Waals surface area contributed by atoms with E-state index in [1.807, 2.05) is 0 Å². The highest BCUT2D eigenvalue weighted by atomic mass is 15.2. The van der Waals surface area contributed by atoms with Crippen molar-refractivity contribution in [2.75, 3.05) is 9.80 Å². The molecule has 1 aliphatic carbocycles. The van der Waals surface area contributed by atoms with Crippen molar-refractivity contribution in [1.29, 1.82) is 0 Å². The Morgan fingerprint density at radius 3 is 1.67 bits per heavy atom. The van der Waals surface area contributed by atoms with Gasteiger partial charge in [0.25, 0.3) is 6.71 Å². The van der Waals surface area contributed by atoms with Crippen LogP contribution in [-0.4, -0.2) is 11.3 Å². The Morgan fingerprint density at radius 1 is 0.413 bits per heavy atom. The standard InChI is InChI=1S/C71H68BN3/c1-43-35-49(70(9,10)11)36-44(2)67(43)75-61-40-48(69(6,7)8)31-33-56(61)72-57-41-53-52-39-47(68(3,4)5)32-34-58(52)73(50-25-18-15-19-26-50)60(53)42-62(57)74(63-37-46(38-64(75)66(63)72)45-23-16-14-17-24-45)59-30-22-29-55-65(59)51-27-20-21-28-54(51)71(55,12)13/h14-42H,1-13H3. The first-order chi connectivity index (χ1) is 35.7. The van der Waals surface area contributed by atoms with E-state index in [9.17, 15) is 0 Å². The van der Waals surface area contributed by atoms with Crippen LogP contribution in [0.15, 0.2) is 176 Å². The number of hydrogen-bond donors (Lipinski definition) is 0. The summed E-state index contributed by atoms with van der Waals surface area (Å²) in [5.74, 6) is 0. The molecule has 0 unspecified atom stereocenters. The van der Waals surface area contributed by atoms with E-state index < -0.39 is 0 Å². The summed E-state index contributed by atoms with van der Waals surface area (Å²) in [6, 6.07) is 68.1. The Bertz CT molecular complexity index is 3980. The zero-order valence-electron chi connectivity index (χ0n) is 46.2. The van der Waals surface area contributed by atoms with Crippen LogP contribution in [-0.2, 0) is 21.7 Å². The van der Waals surface area contributed by atoms with E-state index in [0.717, 1.165) is 5.69 Å². The normalized spacial score (nSPS) is 14.5. The maximum Gasteiger partial charge on any atom is 0.252 e. The first-order valence-corrected chi connectivity index (χ1v) is 27.2. The van der Waals surface area contributed by atoms with Crippen LogP contribution >= 0.6 is 0 Å².